The summed E-state index contributed by atoms with van der Waals surface area (Å²) in [5.41, 5.74) is 12.4. The number of hydrogen-bond acceptors (Lipinski definition) is 3. The Kier molecular flexibility index (Phi) is 7.39. The molecule has 258 valence electrons. The highest BCUT2D eigenvalue weighted by Crippen LogP contribution is 2.44. The SMILES string of the molecule is c1ccc(-c2ccc(-c3ccc(N(c4ccc5sc6ccc(-c7ccc8oc9ccccc9c8c7)cc6c5c4)c4cccc5ccccc45)cc3)cc2)cc1. The van der Waals surface area contributed by atoms with Gasteiger partial charge in [-0.25, -0.2) is 0 Å². The summed E-state index contributed by atoms with van der Waals surface area (Å²) in [6, 6.07) is 72.3. The second-order valence-corrected chi connectivity index (χ2v) is 15.2. The van der Waals surface area contributed by atoms with Crippen LogP contribution >= 0.6 is 11.3 Å². The van der Waals surface area contributed by atoms with Crippen molar-refractivity contribution in [1.82, 2.24) is 0 Å². The number of benzene rings is 9. The van der Waals surface area contributed by atoms with E-state index >= 15 is 0 Å². The summed E-state index contributed by atoms with van der Waals surface area (Å²) in [6.45, 7) is 0. The van der Waals surface area contributed by atoms with Crippen LogP contribution in [-0.4, -0.2) is 0 Å². The second kappa shape index (κ2) is 12.9. The zero-order valence-corrected chi connectivity index (χ0v) is 30.6. The van der Waals surface area contributed by atoms with Crippen LogP contribution in [-0.2, 0) is 0 Å². The molecule has 11 rings (SSSR count). The number of anilines is 3. The lowest BCUT2D eigenvalue weighted by Crippen LogP contribution is -2.10. The highest BCUT2D eigenvalue weighted by molar-refractivity contribution is 7.25. The number of fused-ring (bicyclic) bond motifs is 7. The van der Waals surface area contributed by atoms with Gasteiger partial charge in [-0.05, 0) is 105 Å². The molecule has 0 saturated carbocycles. The standard InChI is InChI=1S/C52H33NOS/c1-2-9-34(10-3-1)35-17-19-36(20-18-35)37-21-25-41(26-22-37)53(48-15-8-12-38-11-4-5-13-43(38)48)42-27-30-52-47(33-42)46-32-40(24-29-51(46)55-52)39-23-28-50-45(31-39)44-14-6-7-16-49(44)54-50/h1-33H. The van der Waals surface area contributed by atoms with Crippen LogP contribution in [0, 0.1) is 0 Å². The van der Waals surface area contributed by atoms with Gasteiger partial charge in [-0.15, -0.1) is 11.3 Å². The van der Waals surface area contributed by atoms with E-state index in [0.29, 0.717) is 0 Å². The minimum atomic E-state index is 0.916. The van der Waals surface area contributed by atoms with Gasteiger partial charge in [0.05, 0.1) is 5.69 Å². The molecule has 0 bridgehead atoms. The number of furan rings is 1. The maximum Gasteiger partial charge on any atom is 0.135 e. The van der Waals surface area contributed by atoms with Crippen LogP contribution in [0.25, 0.3) is 86.3 Å². The number of rotatable bonds is 6. The minimum absolute atomic E-state index is 0.916. The quantitative estimate of drug-likeness (QED) is 0.170. The predicted octanol–water partition coefficient (Wildman–Crippen LogP) is 15.6. The Labute approximate surface area is 322 Å². The second-order valence-electron chi connectivity index (χ2n) is 14.1. The molecule has 0 aliphatic heterocycles. The molecular formula is C52H33NOS. The first-order valence-electron chi connectivity index (χ1n) is 18.7. The van der Waals surface area contributed by atoms with E-state index in [-0.39, 0.29) is 0 Å². The van der Waals surface area contributed by atoms with E-state index in [4.69, 9.17) is 4.42 Å². The maximum atomic E-state index is 6.14. The molecule has 2 aromatic heterocycles. The molecule has 3 heteroatoms. The smallest absolute Gasteiger partial charge is 0.135 e. The molecule has 0 atom stereocenters. The van der Waals surface area contributed by atoms with Crippen LogP contribution in [0.2, 0.25) is 0 Å². The Morgan fingerprint density at radius 2 is 0.855 bits per heavy atom. The van der Waals surface area contributed by atoms with Gasteiger partial charge >= 0.3 is 0 Å². The van der Waals surface area contributed by atoms with Gasteiger partial charge in [0.15, 0.2) is 0 Å². The molecule has 2 heterocycles. The Morgan fingerprint density at radius 3 is 1.64 bits per heavy atom. The monoisotopic (exact) mass is 719 g/mol. The Hall–Kier alpha value is -6.94. The molecule has 9 aromatic carbocycles. The summed E-state index contributed by atoms with van der Waals surface area (Å²) in [4.78, 5) is 2.41. The van der Waals surface area contributed by atoms with Crippen LogP contribution in [0.1, 0.15) is 0 Å². The van der Waals surface area contributed by atoms with Crippen molar-refractivity contribution >= 4 is 81.3 Å². The zero-order valence-electron chi connectivity index (χ0n) is 29.8. The van der Waals surface area contributed by atoms with Crippen molar-refractivity contribution in [2.24, 2.45) is 0 Å². The van der Waals surface area contributed by atoms with E-state index in [1.165, 1.54) is 64.3 Å². The summed E-state index contributed by atoms with van der Waals surface area (Å²) in [5.74, 6) is 0. The van der Waals surface area contributed by atoms with E-state index in [1.54, 1.807) is 0 Å². The molecule has 0 aliphatic rings. The van der Waals surface area contributed by atoms with Crippen molar-refractivity contribution in [2.75, 3.05) is 4.90 Å². The Morgan fingerprint density at radius 1 is 0.327 bits per heavy atom. The van der Waals surface area contributed by atoms with E-state index in [2.05, 4.69) is 193 Å². The molecule has 55 heavy (non-hydrogen) atoms. The van der Waals surface area contributed by atoms with Crippen LogP contribution in [0.3, 0.4) is 0 Å². The van der Waals surface area contributed by atoms with Gasteiger partial charge < -0.3 is 9.32 Å². The lowest BCUT2D eigenvalue weighted by atomic mass is 9.99. The molecular weight excluding hydrogens is 687 g/mol. The molecule has 0 fully saturated rings. The van der Waals surface area contributed by atoms with Crippen molar-refractivity contribution in [1.29, 1.82) is 0 Å². The van der Waals surface area contributed by atoms with Crippen molar-refractivity contribution in [3.05, 3.63) is 200 Å². The maximum absolute atomic E-state index is 6.14. The molecule has 0 unspecified atom stereocenters. The van der Waals surface area contributed by atoms with Crippen molar-refractivity contribution < 1.29 is 4.42 Å². The summed E-state index contributed by atoms with van der Waals surface area (Å²) in [7, 11) is 0. The largest absolute Gasteiger partial charge is 0.456 e. The summed E-state index contributed by atoms with van der Waals surface area (Å²) in [6.07, 6.45) is 0. The van der Waals surface area contributed by atoms with E-state index in [9.17, 15) is 0 Å². The van der Waals surface area contributed by atoms with Gasteiger partial charge in [0.2, 0.25) is 0 Å². The third-order valence-corrected chi connectivity index (χ3v) is 12.0. The van der Waals surface area contributed by atoms with Crippen molar-refractivity contribution in [3.8, 4) is 33.4 Å². The average Bonchev–Trinajstić information content (AvgIpc) is 3.82. The fourth-order valence-corrected chi connectivity index (χ4v) is 9.18. The fraction of sp³-hybridized carbons (Fsp3) is 0. The van der Waals surface area contributed by atoms with Crippen molar-refractivity contribution in [2.45, 2.75) is 0 Å². The molecule has 2 nitrogen and oxygen atoms in total. The van der Waals surface area contributed by atoms with E-state index in [0.717, 1.165) is 39.0 Å². The van der Waals surface area contributed by atoms with Crippen LogP contribution in [0.4, 0.5) is 17.1 Å². The number of para-hydroxylation sites is 1. The molecule has 0 saturated heterocycles. The third kappa shape index (κ3) is 5.48. The molecule has 0 N–H and O–H groups in total. The topological polar surface area (TPSA) is 16.4 Å². The summed E-state index contributed by atoms with van der Waals surface area (Å²) in [5, 5.41) is 7.25. The molecule has 0 aliphatic carbocycles. The van der Waals surface area contributed by atoms with Gasteiger partial charge in [0.25, 0.3) is 0 Å². The van der Waals surface area contributed by atoms with Crippen LogP contribution in [0.15, 0.2) is 205 Å². The third-order valence-electron chi connectivity index (χ3n) is 10.9. The molecule has 0 amide bonds. The van der Waals surface area contributed by atoms with Crippen LogP contribution < -0.4 is 4.90 Å². The van der Waals surface area contributed by atoms with Gasteiger partial charge in [-0.1, -0.05) is 133 Å². The minimum Gasteiger partial charge on any atom is -0.456 e. The van der Waals surface area contributed by atoms with E-state index < -0.39 is 0 Å². The number of hydrogen-bond donors (Lipinski definition) is 0. The van der Waals surface area contributed by atoms with Gasteiger partial charge in [0, 0.05) is 47.7 Å². The summed E-state index contributed by atoms with van der Waals surface area (Å²) < 4.78 is 8.70. The van der Waals surface area contributed by atoms with Crippen molar-refractivity contribution in [3.63, 3.8) is 0 Å². The normalized spacial score (nSPS) is 11.6. The van der Waals surface area contributed by atoms with Gasteiger partial charge in [-0.3, -0.25) is 0 Å². The lowest BCUT2D eigenvalue weighted by molar-refractivity contribution is 0.669. The number of nitrogens with zero attached hydrogens (tertiary/aromatic N) is 1. The average molecular weight is 720 g/mol. The molecule has 0 spiro atoms. The van der Waals surface area contributed by atoms with E-state index in [1.807, 2.05) is 23.5 Å². The first-order chi connectivity index (χ1) is 27.2. The molecule has 11 aromatic rings. The van der Waals surface area contributed by atoms with Crippen LogP contribution in [0.5, 0.6) is 0 Å². The summed E-state index contributed by atoms with van der Waals surface area (Å²) >= 11 is 1.85. The predicted molar refractivity (Wildman–Crippen MR) is 235 cm³/mol. The number of thiophene rings is 1. The highest BCUT2D eigenvalue weighted by Gasteiger charge is 2.18. The zero-order chi connectivity index (χ0) is 36.3. The lowest BCUT2D eigenvalue weighted by Gasteiger charge is -2.27. The molecule has 0 radical (unpaired) electrons. The Balaban J connectivity index is 1.02. The Bertz CT molecular complexity index is 3190. The highest BCUT2D eigenvalue weighted by atomic mass is 32.1. The van der Waals surface area contributed by atoms with Gasteiger partial charge in [0.1, 0.15) is 11.2 Å². The fourth-order valence-electron chi connectivity index (χ4n) is 8.11. The first kappa shape index (κ1) is 31.6. The first-order valence-corrected chi connectivity index (χ1v) is 19.5. The van der Waals surface area contributed by atoms with Gasteiger partial charge in [-0.2, -0.15) is 0 Å².